The molecule has 2 aromatic heterocycles. The Bertz CT molecular complexity index is 425. The van der Waals surface area contributed by atoms with Crippen LogP contribution < -0.4 is 5.32 Å². The van der Waals surface area contributed by atoms with Crippen LogP contribution in [0.5, 0.6) is 0 Å². The van der Waals surface area contributed by atoms with E-state index >= 15 is 0 Å². The normalized spacial score (nSPS) is 12.4. The molecule has 0 radical (unpaired) electrons. The van der Waals surface area contributed by atoms with Crippen molar-refractivity contribution in [2.45, 2.75) is 19.4 Å². The molecular formula is C12H13BrN2S. The second-order valence-electron chi connectivity index (χ2n) is 3.69. The summed E-state index contributed by atoms with van der Waals surface area (Å²) in [5, 5.41) is 5.49. The topological polar surface area (TPSA) is 24.9 Å². The molecule has 0 aliphatic rings. The number of pyridine rings is 1. The number of hydrogen-bond donors (Lipinski definition) is 1. The van der Waals surface area contributed by atoms with E-state index in [9.17, 15) is 0 Å². The van der Waals surface area contributed by atoms with Crippen LogP contribution in [0, 0.1) is 0 Å². The smallest absolute Gasteiger partial charge is 0.126 e. The second-order valence-corrected chi connectivity index (χ2v) is 5.64. The summed E-state index contributed by atoms with van der Waals surface area (Å²) >= 11 is 5.17. The molecule has 84 valence electrons. The van der Waals surface area contributed by atoms with Gasteiger partial charge in [-0.15, -0.1) is 11.3 Å². The van der Waals surface area contributed by atoms with Gasteiger partial charge in [0, 0.05) is 28.0 Å². The first-order valence-electron chi connectivity index (χ1n) is 5.14. The van der Waals surface area contributed by atoms with E-state index in [4.69, 9.17) is 0 Å². The third kappa shape index (κ3) is 3.32. The number of halogens is 1. The Morgan fingerprint density at radius 1 is 1.44 bits per heavy atom. The molecule has 2 nitrogen and oxygen atoms in total. The number of nitrogens with one attached hydrogen (secondary N) is 1. The Hall–Kier alpha value is -0.870. The van der Waals surface area contributed by atoms with Crippen LogP contribution in [0.3, 0.4) is 0 Å². The number of hydrogen-bond acceptors (Lipinski definition) is 3. The third-order valence-electron chi connectivity index (χ3n) is 2.21. The van der Waals surface area contributed by atoms with Crippen molar-refractivity contribution in [3.63, 3.8) is 0 Å². The van der Waals surface area contributed by atoms with E-state index in [0.29, 0.717) is 6.04 Å². The van der Waals surface area contributed by atoms with Crippen LogP contribution >= 0.6 is 27.3 Å². The number of aromatic nitrogens is 1. The molecule has 0 amide bonds. The van der Waals surface area contributed by atoms with Gasteiger partial charge in [-0.1, -0.05) is 6.07 Å². The molecule has 2 heterocycles. The summed E-state index contributed by atoms with van der Waals surface area (Å²) in [4.78, 5) is 5.69. The molecule has 16 heavy (non-hydrogen) atoms. The van der Waals surface area contributed by atoms with Gasteiger partial charge in [-0.25, -0.2) is 4.98 Å². The quantitative estimate of drug-likeness (QED) is 0.924. The van der Waals surface area contributed by atoms with Crippen LogP contribution in [0.25, 0.3) is 0 Å². The summed E-state index contributed by atoms with van der Waals surface area (Å²) < 4.78 is 1.00. The number of anilines is 1. The van der Waals surface area contributed by atoms with Crippen LogP contribution in [0.15, 0.2) is 40.3 Å². The summed E-state index contributed by atoms with van der Waals surface area (Å²) in [5.41, 5.74) is 0. The highest BCUT2D eigenvalue weighted by Crippen LogP contribution is 2.15. The Labute approximate surface area is 108 Å². The van der Waals surface area contributed by atoms with Crippen LogP contribution in [0.2, 0.25) is 0 Å². The second kappa shape index (κ2) is 5.46. The molecule has 0 bridgehead atoms. The molecule has 0 saturated heterocycles. The Kier molecular flexibility index (Phi) is 3.96. The summed E-state index contributed by atoms with van der Waals surface area (Å²) in [6.07, 6.45) is 2.84. The molecule has 0 saturated carbocycles. The predicted octanol–water partition coefficient (Wildman–Crippen LogP) is 3.95. The molecule has 0 aliphatic carbocycles. The lowest BCUT2D eigenvalue weighted by molar-refractivity contribution is 0.794. The standard InChI is InChI=1S/C12H13BrN2S/c1-9(7-11-3-2-6-16-11)15-12-5-4-10(13)8-14-12/h2-6,8-9H,7H2,1H3,(H,14,15). The Morgan fingerprint density at radius 2 is 2.31 bits per heavy atom. The average Bonchev–Trinajstić information content (AvgIpc) is 2.74. The van der Waals surface area contributed by atoms with Crippen molar-refractivity contribution in [2.24, 2.45) is 0 Å². The highest BCUT2D eigenvalue weighted by atomic mass is 79.9. The van der Waals surface area contributed by atoms with Gasteiger partial charge in [-0.05, 0) is 46.4 Å². The fraction of sp³-hybridized carbons (Fsp3) is 0.250. The number of nitrogens with zero attached hydrogens (tertiary/aromatic N) is 1. The van der Waals surface area contributed by atoms with Crippen LogP contribution in [0.4, 0.5) is 5.82 Å². The zero-order chi connectivity index (χ0) is 11.4. The summed E-state index contributed by atoms with van der Waals surface area (Å²) in [6, 6.07) is 8.62. The van der Waals surface area contributed by atoms with Crippen molar-refractivity contribution >= 4 is 33.1 Å². The molecule has 1 atom stereocenters. The molecule has 4 heteroatoms. The summed E-state index contributed by atoms with van der Waals surface area (Å²) in [6.45, 7) is 2.17. The maximum absolute atomic E-state index is 4.29. The first kappa shape index (κ1) is 11.6. The van der Waals surface area contributed by atoms with E-state index in [2.05, 4.69) is 50.7 Å². The van der Waals surface area contributed by atoms with Crippen LogP contribution in [-0.2, 0) is 6.42 Å². The molecule has 2 rings (SSSR count). The molecule has 2 aromatic rings. The molecule has 1 N–H and O–H groups in total. The minimum Gasteiger partial charge on any atom is -0.367 e. The van der Waals surface area contributed by atoms with E-state index in [1.165, 1.54) is 4.88 Å². The first-order valence-corrected chi connectivity index (χ1v) is 6.82. The lowest BCUT2D eigenvalue weighted by atomic mass is 10.2. The Balaban J connectivity index is 1.92. The van der Waals surface area contributed by atoms with E-state index in [-0.39, 0.29) is 0 Å². The van der Waals surface area contributed by atoms with Gasteiger partial charge in [0.25, 0.3) is 0 Å². The molecule has 1 unspecified atom stereocenters. The molecule has 0 aromatic carbocycles. The van der Waals surface area contributed by atoms with Crippen molar-refractivity contribution < 1.29 is 0 Å². The average molecular weight is 297 g/mol. The van der Waals surface area contributed by atoms with Crippen molar-refractivity contribution in [2.75, 3.05) is 5.32 Å². The predicted molar refractivity (Wildman–Crippen MR) is 73.0 cm³/mol. The zero-order valence-electron chi connectivity index (χ0n) is 8.98. The zero-order valence-corrected chi connectivity index (χ0v) is 11.4. The Morgan fingerprint density at radius 3 is 2.94 bits per heavy atom. The summed E-state index contributed by atoms with van der Waals surface area (Å²) in [7, 11) is 0. The molecular weight excluding hydrogens is 284 g/mol. The molecule has 0 spiro atoms. The van der Waals surface area contributed by atoms with Gasteiger partial charge in [0.15, 0.2) is 0 Å². The fourth-order valence-electron chi connectivity index (χ4n) is 1.50. The van der Waals surface area contributed by atoms with Gasteiger partial charge < -0.3 is 5.32 Å². The van der Waals surface area contributed by atoms with Crippen molar-refractivity contribution in [1.29, 1.82) is 0 Å². The molecule has 0 aliphatic heterocycles. The number of thiophene rings is 1. The third-order valence-corrected chi connectivity index (χ3v) is 3.58. The number of rotatable bonds is 4. The highest BCUT2D eigenvalue weighted by Gasteiger charge is 2.04. The molecule has 0 fully saturated rings. The summed E-state index contributed by atoms with van der Waals surface area (Å²) in [5.74, 6) is 0.923. The van der Waals surface area contributed by atoms with Crippen molar-refractivity contribution in [3.8, 4) is 0 Å². The minimum atomic E-state index is 0.396. The maximum Gasteiger partial charge on any atom is 0.126 e. The highest BCUT2D eigenvalue weighted by molar-refractivity contribution is 9.10. The van der Waals surface area contributed by atoms with Gasteiger partial charge in [0.05, 0.1) is 0 Å². The van der Waals surface area contributed by atoms with E-state index in [0.717, 1.165) is 16.7 Å². The van der Waals surface area contributed by atoms with Gasteiger partial charge in [-0.2, -0.15) is 0 Å². The first-order chi connectivity index (χ1) is 7.74. The van der Waals surface area contributed by atoms with Gasteiger partial charge in [-0.3, -0.25) is 0 Å². The van der Waals surface area contributed by atoms with Crippen LogP contribution in [-0.4, -0.2) is 11.0 Å². The van der Waals surface area contributed by atoms with Crippen molar-refractivity contribution in [1.82, 2.24) is 4.98 Å². The largest absolute Gasteiger partial charge is 0.367 e. The maximum atomic E-state index is 4.29. The van der Waals surface area contributed by atoms with Gasteiger partial charge in [0.2, 0.25) is 0 Å². The lowest BCUT2D eigenvalue weighted by Gasteiger charge is -2.13. The van der Waals surface area contributed by atoms with E-state index in [1.807, 2.05) is 12.1 Å². The monoisotopic (exact) mass is 296 g/mol. The lowest BCUT2D eigenvalue weighted by Crippen LogP contribution is -2.18. The SMILES string of the molecule is CC(Cc1cccs1)Nc1ccc(Br)cn1. The minimum absolute atomic E-state index is 0.396. The van der Waals surface area contributed by atoms with E-state index in [1.54, 1.807) is 17.5 Å². The van der Waals surface area contributed by atoms with Crippen molar-refractivity contribution in [3.05, 3.63) is 45.2 Å². The van der Waals surface area contributed by atoms with Gasteiger partial charge >= 0.3 is 0 Å². The van der Waals surface area contributed by atoms with Crippen LogP contribution in [0.1, 0.15) is 11.8 Å². The van der Waals surface area contributed by atoms with E-state index < -0.39 is 0 Å². The fourth-order valence-corrected chi connectivity index (χ4v) is 2.57. The van der Waals surface area contributed by atoms with Gasteiger partial charge in [0.1, 0.15) is 5.82 Å².